The molecule has 1 fully saturated rings. The summed E-state index contributed by atoms with van der Waals surface area (Å²) in [5, 5.41) is 17.7. The molecular weight excluding hydrogens is 124 g/mol. The maximum Gasteiger partial charge on any atom is 0.0688 e. The molecule has 1 aliphatic heterocycles. The van der Waals surface area contributed by atoms with Crippen molar-refractivity contribution in [3.05, 3.63) is 0 Å². The fourth-order valence-electron chi connectivity index (χ4n) is 0.812. The van der Waals surface area contributed by atoms with E-state index in [1.165, 1.54) is 0 Å². The van der Waals surface area contributed by atoms with E-state index in [1.807, 2.05) is 0 Å². The quantitative estimate of drug-likeness (QED) is 0.524. The third kappa shape index (κ3) is 1.16. The first-order valence-electron chi connectivity index (χ1n) is 2.75. The Labute approximate surface area is 52.9 Å². The zero-order chi connectivity index (χ0) is 5.98. The molecule has 8 heavy (non-hydrogen) atoms. The lowest BCUT2D eigenvalue weighted by Crippen LogP contribution is -2.20. The van der Waals surface area contributed by atoms with E-state index in [0.717, 1.165) is 12.2 Å². The molecule has 0 aromatic rings. The summed E-state index contributed by atoms with van der Waals surface area (Å²) in [6.07, 6.45) is 0.584. The molecule has 0 aromatic heterocycles. The monoisotopic (exact) mass is 134 g/mol. The summed E-state index contributed by atoms with van der Waals surface area (Å²) in [5.41, 5.74) is 0. The van der Waals surface area contributed by atoms with Gasteiger partial charge in [0.25, 0.3) is 0 Å². The van der Waals surface area contributed by atoms with Gasteiger partial charge in [-0.2, -0.15) is 11.8 Å². The Kier molecular flexibility index (Phi) is 2.16. The fraction of sp³-hybridized carbons (Fsp3) is 1.00. The van der Waals surface area contributed by atoms with Gasteiger partial charge < -0.3 is 10.2 Å². The van der Waals surface area contributed by atoms with Crippen LogP contribution in [0.1, 0.15) is 6.42 Å². The maximum atomic E-state index is 9.01. The second kappa shape index (κ2) is 2.71. The Morgan fingerprint density at radius 3 is 2.62 bits per heavy atom. The highest BCUT2D eigenvalue weighted by Gasteiger charge is 2.24. The van der Waals surface area contributed by atoms with Crippen LogP contribution in [-0.2, 0) is 0 Å². The highest BCUT2D eigenvalue weighted by Crippen LogP contribution is 2.25. The average Bonchev–Trinajstić information content (AvgIpc) is 2.14. The van der Waals surface area contributed by atoms with E-state index in [1.54, 1.807) is 11.8 Å². The van der Waals surface area contributed by atoms with Crippen LogP contribution in [0.3, 0.4) is 0 Å². The lowest BCUT2D eigenvalue weighted by Gasteiger charge is -2.07. The molecule has 3 heteroatoms. The van der Waals surface area contributed by atoms with Crippen LogP contribution in [-0.4, -0.2) is 33.9 Å². The van der Waals surface area contributed by atoms with Crippen molar-refractivity contribution in [3.63, 3.8) is 0 Å². The zero-order valence-electron chi connectivity index (χ0n) is 4.58. The maximum absolute atomic E-state index is 9.01. The van der Waals surface area contributed by atoms with Crippen molar-refractivity contribution in [2.45, 2.75) is 17.8 Å². The molecule has 2 nitrogen and oxygen atoms in total. The van der Waals surface area contributed by atoms with E-state index >= 15 is 0 Å². The van der Waals surface area contributed by atoms with Crippen LogP contribution < -0.4 is 0 Å². The molecular formula is C5H10O2S. The zero-order valence-corrected chi connectivity index (χ0v) is 5.40. The summed E-state index contributed by atoms with van der Waals surface area (Å²) >= 11 is 1.65. The number of hydrogen-bond donors (Lipinski definition) is 2. The molecule has 1 heterocycles. The molecule has 0 aliphatic carbocycles. The molecule has 0 saturated carbocycles. The third-order valence-electron chi connectivity index (χ3n) is 1.35. The Bertz CT molecular complexity index is 76.8. The number of aliphatic hydroxyl groups excluding tert-OH is 2. The summed E-state index contributed by atoms with van der Waals surface area (Å²) in [6, 6.07) is 0. The highest BCUT2D eigenvalue weighted by atomic mass is 32.2. The number of hydrogen-bond acceptors (Lipinski definition) is 3. The molecule has 2 N–H and O–H groups in total. The van der Waals surface area contributed by atoms with Crippen molar-refractivity contribution >= 4 is 11.8 Å². The van der Waals surface area contributed by atoms with Crippen LogP contribution in [0.2, 0.25) is 0 Å². The topological polar surface area (TPSA) is 40.5 Å². The summed E-state index contributed by atoms with van der Waals surface area (Å²) < 4.78 is 0. The first kappa shape index (κ1) is 6.39. The first-order chi connectivity index (χ1) is 3.84. The van der Waals surface area contributed by atoms with Crippen molar-refractivity contribution in [3.8, 4) is 0 Å². The largest absolute Gasteiger partial charge is 0.395 e. The Morgan fingerprint density at radius 2 is 2.38 bits per heavy atom. The van der Waals surface area contributed by atoms with E-state index in [2.05, 4.69) is 0 Å². The van der Waals surface area contributed by atoms with Gasteiger partial charge in [-0.3, -0.25) is 0 Å². The Morgan fingerprint density at radius 1 is 1.62 bits per heavy atom. The second-order valence-electron chi connectivity index (χ2n) is 1.95. The Hall–Kier alpha value is 0.270. The normalized spacial score (nSPS) is 38.2. The lowest BCUT2D eigenvalue weighted by molar-refractivity contribution is 0.145. The highest BCUT2D eigenvalue weighted by molar-refractivity contribution is 8.00. The number of thioether (sulfide) groups is 1. The van der Waals surface area contributed by atoms with Crippen LogP contribution in [0, 0.1) is 0 Å². The van der Waals surface area contributed by atoms with Gasteiger partial charge in [0.2, 0.25) is 0 Å². The molecule has 48 valence electrons. The van der Waals surface area contributed by atoms with Crippen LogP contribution in [0.25, 0.3) is 0 Å². The van der Waals surface area contributed by atoms with Crippen LogP contribution in [0.5, 0.6) is 0 Å². The lowest BCUT2D eigenvalue weighted by atomic mass is 10.2. The molecule has 0 aromatic carbocycles. The molecule has 1 saturated heterocycles. The van der Waals surface area contributed by atoms with Crippen molar-refractivity contribution in [2.75, 3.05) is 12.4 Å². The molecule has 0 spiro atoms. The molecule has 1 rings (SSSR count). The molecule has 0 unspecified atom stereocenters. The SMILES string of the molecule is OC[C@@H]1SCC[C@H]1O. The van der Waals surface area contributed by atoms with Gasteiger partial charge in [-0.05, 0) is 12.2 Å². The summed E-state index contributed by atoms with van der Waals surface area (Å²) in [4.78, 5) is 0. The van der Waals surface area contributed by atoms with Gasteiger partial charge in [0.1, 0.15) is 0 Å². The van der Waals surface area contributed by atoms with E-state index in [9.17, 15) is 0 Å². The van der Waals surface area contributed by atoms with Crippen molar-refractivity contribution in [2.24, 2.45) is 0 Å². The van der Waals surface area contributed by atoms with Gasteiger partial charge in [0.15, 0.2) is 0 Å². The standard InChI is InChI=1S/C5H10O2S/c6-3-5-4(7)1-2-8-5/h4-7H,1-3H2/t4-,5+/m1/s1. The van der Waals surface area contributed by atoms with Gasteiger partial charge >= 0.3 is 0 Å². The molecule has 0 radical (unpaired) electrons. The molecule has 0 amide bonds. The van der Waals surface area contributed by atoms with Crippen LogP contribution in [0.15, 0.2) is 0 Å². The van der Waals surface area contributed by atoms with Gasteiger partial charge in [0.05, 0.1) is 18.0 Å². The first-order valence-corrected chi connectivity index (χ1v) is 3.80. The molecule has 1 aliphatic rings. The molecule has 2 atom stereocenters. The van der Waals surface area contributed by atoms with Crippen LogP contribution in [0.4, 0.5) is 0 Å². The minimum atomic E-state index is -0.259. The van der Waals surface area contributed by atoms with Gasteiger partial charge in [-0.15, -0.1) is 0 Å². The summed E-state index contributed by atoms with van der Waals surface area (Å²) in [5.74, 6) is 0.992. The van der Waals surface area contributed by atoms with E-state index < -0.39 is 0 Å². The predicted molar refractivity (Wildman–Crippen MR) is 34.0 cm³/mol. The second-order valence-corrected chi connectivity index (χ2v) is 3.29. The van der Waals surface area contributed by atoms with Crippen molar-refractivity contribution < 1.29 is 10.2 Å². The van der Waals surface area contributed by atoms with Gasteiger partial charge in [-0.25, -0.2) is 0 Å². The fourth-order valence-corrected chi connectivity index (χ4v) is 1.96. The third-order valence-corrected chi connectivity index (χ3v) is 2.72. The van der Waals surface area contributed by atoms with Gasteiger partial charge in [0, 0.05) is 0 Å². The predicted octanol–water partition coefficient (Wildman–Crippen LogP) is -0.155. The summed E-state index contributed by atoms with van der Waals surface area (Å²) in [6.45, 7) is 0.117. The smallest absolute Gasteiger partial charge is 0.0688 e. The summed E-state index contributed by atoms with van der Waals surface area (Å²) in [7, 11) is 0. The average molecular weight is 134 g/mol. The number of aliphatic hydroxyl groups is 2. The van der Waals surface area contributed by atoms with E-state index in [4.69, 9.17) is 10.2 Å². The Balaban J connectivity index is 2.30. The van der Waals surface area contributed by atoms with Crippen molar-refractivity contribution in [1.82, 2.24) is 0 Å². The minimum Gasteiger partial charge on any atom is -0.395 e. The van der Waals surface area contributed by atoms with Crippen molar-refractivity contribution in [1.29, 1.82) is 0 Å². The molecule has 0 bridgehead atoms. The van der Waals surface area contributed by atoms with Crippen LogP contribution >= 0.6 is 11.8 Å². The minimum absolute atomic E-state index is 0.0926. The van der Waals surface area contributed by atoms with Gasteiger partial charge in [-0.1, -0.05) is 0 Å². The number of rotatable bonds is 1. The van der Waals surface area contributed by atoms with E-state index in [0.29, 0.717) is 0 Å². The van der Waals surface area contributed by atoms with E-state index in [-0.39, 0.29) is 18.0 Å².